The minimum Gasteiger partial charge on any atom is -0.369 e. The van der Waals surface area contributed by atoms with Gasteiger partial charge in [-0.25, -0.2) is 0 Å². The lowest BCUT2D eigenvalue weighted by atomic mass is 9.91. The Hall–Kier alpha value is -2.54. The van der Waals surface area contributed by atoms with Gasteiger partial charge in [0.1, 0.15) is 12.2 Å². The zero-order valence-corrected chi connectivity index (χ0v) is 21.2. The molecule has 2 fully saturated rings. The van der Waals surface area contributed by atoms with E-state index in [1.54, 1.807) is 0 Å². The van der Waals surface area contributed by atoms with Crippen molar-refractivity contribution in [2.75, 3.05) is 26.2 Å². The SMILES string of the molecule is C[C@@H]1[C@@H](OCc2ccccc2)[C@H](OCc2ccccc2)[C@@H](OCc2ccccc2)CN1CC1CNC1. The second kappa shape index (κ2) is 12.6. The van der Waals surface area contributed by atoms with Crippen LogP contribution in [0.2, 0.25) is 0 Å². The summed E-state index contributed by atoms with van der Waals surface area (Å²) in [6, 6.07) is 31.4. The third kappa shape index (κ3) is 6.61. The Morgan fingerprint density at radius 3 is 1.61 bits per heavy atom. The summed E-state index contributed by atoms with van der Waals surface area (Å²) in [5, 5.41) is 3.41. The molecule has 5 heteroatoms. The summed E-state index contributed by atoms with van der Waals surface area (Å²) in [4.78, 5) is 2.55. The zero-order chi connectivity index (χ0) is 24.6. The summed E-state index contributed by atoms with van der Waals surface area (Å²) >= 11 is 0. The summed E-state index contributed by atoms with van der Waals surface area (Å²) in [7, 11) is 0. The summed E-state index contributed by atoms with van der Waals surface area (Å²) in [6.07, 6.45) is -0.348. The molecular weight excluding hydrogens is 448 g/mol. The first kappa shape index (κ1) is 25.1. The molecule has 0 aromatic heterocycles. The van der Waals surface area contributed by atoms with E-state index in [2.05, 4.69) is 89.9 Å². The average Bonchev–Trinajstić information content (AvgIpc) is 2.90. The molecule has 2 saturated heterocycles. The van der Waals surface area contributed by atoms with Crippen molar-refractivity contribution in [3.63, 3.8) is 0 Å². The Labute approximate surface area is 215 Å². The highest BCUT2D eigenvalue weighted by atomic mass is 16.6. The van der Waals surface area contributed by atoms with Gasteiger partial charge >= 0.3 is 0 Å². The van der Waals surface area contributed by atoms with Gasteiger partial charge in [0.2, 0.25) is 0 Å². The van der Waals surface area contributed by atoms with Crippen molar-refractivity contribution in [3.8, 4) is 0 Å². The second-order valence-corrected chi connectivity index (χ2v) is 10.1. The Morgan fingerprint density at radius 2 is 1.14 bits per heavy atom. The molecule has 190 valence electrons. The summed E-state index contributed by atoms with van der Waals surface area (Å²) in [6.45, 7) is 8.02. The lowest BCUT2D eigenvalue weighted by molar-refractivity contribution is -0.202. The largest absolute Gasteiger partial charge is 0.369 e. The van der Waals surface area contributed by atoms with Crippen LogP contribution >= 0.6 is 0 Å². The van der Waals surface area contributed by atoms with E-state index < -0.39 is 0 Å². The van der Waals surface area contributed by atoms with E-state index in [0.717, 1.165) is 31.7 Å². The van der Waals surface area contributed by atoms with Gasteiger partial charge < -0.3 is 19.5 Å². The Bertz CT molecular complexity index is 1030. The molecule has 3 aromatic rings. The summed E-state index contributed by atoms with van der Waals surface area (Å²) in [5.41, 5.74) is 3.51. The predicted molar refractivity (Wildman–Crippen MR) is 142 cm³/mol. The fourth-order valence-corrected chi connectivity index (χ4v) is 5.14. The summed E-state index contributed by atoms with van der Waals surface area (Å²) in [5.74, 6) is 0.679. The van der Waals surface area contributed by atoms with Crippen molar-refractivity contribution < 1.29 is 14.2 Å². The van der Waals surface area contributed by atoms with Crippen LogP contribution in [0, 0.1) is 5.92 Å². The van der Waals surface area contributed by atoms with Crippen molar-refractivity contribution >= 4 is 0 Å². The van der Waals surface area contributed by atoms with Gasteiger partial charge in [-0.15, -0.1) is 0 Å². The van der Waals surface area contributed by atoms with E-state index in [1.807, 2.05) is 18.2 Å². The van der Waals surface area contributed by atoms with Crippen LogP contribution in [0.25, 0.3) is 0 Å². The first-order valence-electron chi connectivity index (χ1n) is 13.2. The number of likely N-dealkylation sites (tertiary alicyclic amines) is 1. The van der Waals surface area contributed by atoms with E-state index in [-0.39, 0.29) is 24.4 Å². The molecule has 5 nitrogen and oxygen atoms in total. The molecule has 2 aliphatic heterocycles. The number of piperidine rings is 1. The molecule has 2 heterocycles. The van der Waals surface area contributed by atoms with Crippen molar-refractivity contribution in [2.24, 2.45) is 5.92 Å². The molecule has 0 aliphatic carbocycles. The van der Waals surface area contributed by atoms with Crippen molar-refractivity contribution in [2.45, 2.75) is 51.1 Å². The standard InChI is InChI=1S/C31H38N2O3/c1-24-30(35-22-26-13-7-3-8-14-26)31(36-23-27-15-9-4-10-16-27)29(20-33(24)19-28-17-32-18-28)34-21-25-11-5-2-6-12-25/h2-16,24,28-32H,17-23H2,1H3/t24-,29+,30-,31-/m1/s1. The number of ether oxygens (including phenoxy) is 3. The zero-order valence-electron chi connectivity index (χ0n) is 21.2. The molecule has 0 saturated carbocycles. The topological polar surface area (TPSA) is 43.0 Å². The molecule has 3 aromatic carbocycles. The average molecular weight is 487 g/mol. The lowest BCUT2D eigenvalue weighted by Gasteiger charge is -2.49. The molecular formula is C31H38N2O3. The monoisotopic (exact) mass is 486 g/mol. The second-order valence-electron chi connectivity index (χ2n) is 10.1. The Balaban J connectivity index is 1.36. The van der Waals surface area contributed by atoms with Crippen molar-refractivity contribution in [3.05, 3.63) is 108 Å². The number of hydrogen-bond acceptors (Lipinski definition) is 5. The van der Waals surface area contributed by atoms with Crippen LogP contribution in [0.4, 0.5) is 0 Å². The number of benzene rings is 3. The number of nitrogens with zero attached hydrogens (tertiary/aromatic N) is 1. The minimum atomic E-state index is -0.164. The molecule has 0 spiro atoms. The highest BCUT2D eigenvalue weighted by Crippen LogP contribution is 2.29. The molecule has 0 radical (unpaired) electrons. The van der Waals surface area contributed by atoms with Crippen LogP contribution in [-0.2, 0) is 34.0 Å². The molecule has 5 rings (SSSR count). The van der Waals surface area contributed by atoms with E-state index in [9.17, 15) is 0 Å². The highest BCUT2D eigenvalue weighted by molar-refractivity contribution is 5.16. The minimum absolute atomic E-state index is 0.0843. The van der Waals surface area contributed by atoms with Crippen LogP contribution in [0.1, 0.15) is 23.6 Å². The maximum Gasteiger partial charge on any atom is 0.113 e. The Kier molecular flexibility index (Phi) is 8.81. The van der Waals surface area contributed by atoms with Gasteiger partial charge in [-0.3, -0.25) is 4.90 Å². The predicted octanol–water partition coefficient (Wildman–Crippen LogP) is 4.67. The highest BCUT2D eigenvalue weighted by Gasteiger charge is 2.44. The van der Waals surface area contributed by atoms with Gasteiger partial charge in [-0.05, 0) is 29.5 Å². The van der Waals surface area contributed by atoms with Gasteiger partial charge in [0.15, 0.2) is 0 Å². The molecule has 4 atom stereocenters. The van der Waals surface area contributed by atoms with Gasteiger partial charge in [-0.2, -0.15) is 0 Å². The third-order valence-electron chi connectivity index (χ3n) is 7.39. The first-order chi connectivity index (χ1) is 17.8. The summed E-state index contributed by atoms with van der Waals surface area (Å²) < 4.78 is 19.9. The van der Waals surface area contributed by atoms with E-state index in [0.29, 0.717) is 25.7 Å². The van der Waals surface area contributed by atoms with Gasteiger partial charge in [0, 0.05) is 32.2 Å². The van der Waals surface area contributed by atoms with Crippen LogP contribution in [0.5, 0.6) is 0 Å². The molecule has 2 aliphatic rings. The van der Waals surface area contributed by atoms with Crippen molar-refractivity contribution in [1.82, 2.24) is 10.2 Å². The van der Waals surface area contributed by atoms with Crippen LogP contribution < -0.4 is 5.32 Å². The molecule has 0 bridgehead atoms. The molecule has 36 heavy (non-hydrogen) atoms. The van der Waals surface area contributed by atoms with Crippen LogP contribution in [-0.4, -0.2) is 55.4 Å². The fraction of sp³-hybridized carbons (Fsp3) is 0.419. The smallest absolute Gasteiger partial charge is 0.113 e. The van der Waals surface area contributed by atoms with Gasteiger partial charge in [-0.1, -0.05) is 91.0 Å². The normalized spacial score (nSPS) is 24.9. The third-order valence-corrected chi connectivity index (χ3v) is 7.39. The quantitative estimate of drug-likeness (QED) is 0.427. The van der Waals surface area contributed by atoms with E-state index >= 15 is 0 Å². The maximum atomic E-state index is 6.67. The maximum absolute atomic E-state index is 6.67. The molecule has 1 N–H and O–H groups in total. The number of hydrogen-bond donors (Lipinski definition) is 1. The first-order valence-corrected chi connectivity index (χ1v) is 13.2. The fourth-order valence-electron chi connectivity index (χ4n) is 5.14. The van der Waals surface area contributed by atoms with Gasteiger partial charge in [0.25, 0.3) is 0 Å². The van der Waals surface area contributed by atoms with E-state index in [1.165, 1.54) is 11.1 Å². The molecule has 0 unspecified atom stereocenters. The van der Waals surface area contributed by atoms with E-state index in [4.69, 9.17) is 14.2 Å². The Morgan fingerprint density at radius 1 is 0.667 bits per heavy atom. The van der Waals surface area contributed by atoms with Gasteiger partial charge in [0.05, 0.1) is 25.9 Å². The lowest BCUT2D eigenvalue weighted by Crippen LogP contribution is -2.64. The van der Waals surface area contributed by atoms with Crippen molar-refractivity contribution in [1.29, 1.82) is 0 Å². The van der Waals surface area contributed by atoms with Crippen LogP contribution in [0.3, 0.4) is 0 Å². The van der Waals surface area contributed by atoms with Crippen LogP contribution in [0.15, 0.2) is 91.0 Å². The number of nitrogens with one attached hydrogen (secondary N) is 1. The molecule has 0 amide bonds. The number of rotatable bonds is 11.